The fourth-order valence-electron chi connectivity index (χ4n) is 3.03. The van der Waals surface area contributed by atoms with Crippen LogP contribution in [0.5, 0.6) is 0 Å². The van der Waals surface area contributed by atoms with Gasteiger partial charge in [-0.1, -0.05) is 6.08 Å². The molecule has 1 aliphatic rings. The molecule has 0 spiro atoms. The number of likely N-dealkylation sites (tertiary alicyclic amines) is 1. The van der Waals surface area contributed by atoms with Crippen molar-refractivity contribution in [1.82, 2.24) is 29.7 Å². The number of amides is 1. The summed E-state index contributed by atoms with van der Waals surface area (Å²) >= 11 is 0. The lowest BCUT2D eigenvalue weighted by Gasteiger charge is -2.15. The summed E-state index contributed by atoms with van der Waals surface area (Å²) in [5, 5.41) is 3.16. The molecule has 2 aromatic rings. The topological polar surface area (TPSA) is 87.1 Å². The fourth-order valence-corrected chi connectivity index (χ4v) is 3.03. The number of anilines is 2. The van der Waals surface area contributed by atoms with E-state index in [1.807, 2.05) is 43.0 Å². The normalized spacial score (nSPS) is 17.0. The van der Waals surface area contributed by atoms with Crippen LogP contribution in [0.15, 0.2) is 36.8 Å². The van der Waals surface area contributed by atoms with Crippen LogP contribution in [-0.2, 0) is 4.79 Å². The van der Waals surface area contributed by atoms with Gasteiger partial charge in [-0.05, 0) is 27.4 Å². The number of hydrogen-bond acceptors (Lipinski definition) is 7. The van der Waals surface area contributed by atoms with E-state index >= 15 is 0 Å². The predicted molar refractivity (Wildman–Crippen MR) is 104 cm³/mol. The minimum Gasteiger partial charge on any atom is -0.338 e. The molecule has 8 heteroatoms. The maximum absolute atomic E-state index is 12.3. The van der Waals surface area contributed by atoms with E-state index in [0.29, 0.717) is 24.0 Å². The summed E-state index contributed by atoms with van der Waals surface area (Å²) in [7, 11) is 3.95. The Morgan fingerprint density at radius 3 is 2.93 bits per heavy atom. The van der Waals surface area contributed by atoms with Gasteiger partial charge in [0.2, 0.25) is 5.91 Å². The van der Waals surface area contributed by atoms with Crippen molar-refractivity contribution in [3.8, 4) is 0 Å². The maximum atomic E-state index is 12.3. The maximum Gasteiger partial charge on any atom is 0.246 e. The van der Waals surface area contributed by atoms with E-state index in [1.54, 1.807) is 24.7 Å². The summed E-state index contributed by atoms with van der Waals surface area (Å²) in [6.45, 7) is 4.04. The summed E-state index contributed by atoms with van der Waals surface area (Å²) < 4.78 is 0. The number of carbonyl (C=O) groups is 1. The Labute approximate surface area is 159 Å². The van der Waals surface area contributed by atoms with Gasteiger partial charge in [0.25, 0.3) is 0 Å². The third kappa shape index (κ3) is 5.30. The van der Waals surface area contributed by atoms with Gasteiger partial charge in [0.1, 0.15) is 17.5 Å². The van der Waals surface area contributed by atoms with Crippen molar-refractivity contribution < 1.29 is 4.79 Å². The van der Waals surface area contributed by atoms with Crippen molar-refractivity contribution >= 4 is 17.5 Å². The summed E-state index contributed by atoms with van der Waals surface area (Å²) in [4.78, 5) is 33.5. The molecule has 1 atom stereocenters. The molecule has 1 amide bonds. The van der Waals surface area contributed by atoms with Crippen molar-refractivity contribution in [2.45, 2.75) is 19.3 Å². The largest absolute Gasteiger partial charge is 0.338 e. The Balaban J connectivity index is 1.66. The molecule has 142 valence electrons. The van der Waals surface area contributed by atoms with Gasteiger partial charge < -0.3 is 15.1 Å². The quantitative estimate of drug-likeness (QED) is 0.778. The van der Waals surface area contributed by atoms with Gasteiger partial charge in [-0.15, -0.1) is 0 Å². The highest BCUT2D eigenvalue weighted by Crippen LogP contribution is 2.27. The molecule has 27 heavy (non-hydrogen) atoms. The lowest BCUT2D eigenvalue weighted by Crippen LogP contribution is -2.27. The zero-order valence-electron chi connectivity index (χ0n) is 16.0. The SMILES string of the molecule is Cc1nc(Nc2cnccn2)cc([C@@H]2CCN(C(=O)/C=C/CN(C)C)C2)n1. The minimum absolute atomic E-state index is 0.0584. The molecule has 0 saturated carbocycles. The zero-order chi connectivity index (χ0) is 19.2. The Morgan fingerprint density at radius 1 is 1.33 bits per heavy atom. The van der Waals surface area contributed by atoms with Crippen molar-refractivity contribution in [2.75, 3.05) is 39.0 Å². The van der Waals surface area contributed by atoms with E-state index in [0.717, 1.165) is 25.2 Å². The first-order chi connectivity index (χ1) is 13.0. The first kappa shape index (κ1) is 18.9. The highest BCUT2D eigenvalue weighted by atomic mass is 16.2. The molecule has 0 radical (unpaired) electrons. The average Bonchev–Trinajstić information content (AvgIpc) is 3.12. The molecule has 3 rings (SSSR count). The molecule has 1 N–H and O–H groups in total. The molecule has 3 heterocycles. The monoisotopic (exact) mass is 367 g/mol. The Bertz CT molecular complexity index is 807. The van der Waals surface area contributed by atoms with Gasteiger partial charge in [-0.3, -0.25) is 9.78 Å². The summed E-state index contributed by atoms with van der Waals surface area (Å²) in [6.07, 6.45) is 9.35. The lowest BCUT2D eigenvalue weighted by atomic mass is 10.0. The van der Waals surface area contributed by atoms with E-state index in [2.05, 4.69) is 25.3 Å². The van der Waals surface area contributed by atoms with Crippen LogP contribution in [0.4, 0.5) is 11.6 Å². The number of nitrogens with one attached hydrogen (secondary N) is 1. The van der Waals surface area contributed by atoms with Gasteiger partial charge >= 0.3 is 0 Å². The number of hydrogen-bond donors (Lipinski definition) is 1. The number of nitrogens with zero attached hydrogens (tertiary/aromatic N) is 6. The summed E-state index contributed by atoms with van der Waals surface area (Å²) in [5.74, 6) is 2.28. The Kier molecular flexibility index (Phi) is 6.08. The van der Waals surface area contributed by atoms with Crippen LogP contribution >= 0.6 is 0 Å². The first-order valence-corrected chi connectivity index (χ1v) is 9.00. The highest BCUT2D eigenvalue weighted by Gasteiger charge is 2.27. The van der Waals surface area contributed by atoms with Gasteiger partial charge in [0, 0.05) is 50.1 Å². The van der Waals surface area contributed by atoms with E-state index in [9.17, 15) is 4.79 Å². The van der Waals surface area contributed by atoms with E-state index in [-0.39, 0.29) is 11.8 Å². The van der Waals surface area contributed by atoms with Crippen LogP contribution in [0.25, 0.3) is 0 Å². The van der Waals surface area contributed by atoms with Crippen molar-refractivity contribution in [2.24, 2.45) is 0 Å². The number of aromatic nitrogens is 4. The fraction of sp³-hybridized carbons (Fsp3) is 0.421. The Morgan fingerprint density at radius 2 is 2.19 bits per heavy atom. The molecule has 1 aliphatic heterocycles. The highest BCUT2D eigenvalue weighted by molar-refractivity contribution is 5.87. The molecule has 1 fully saturated rings. The predicted octanol–water partition coefficient (Wildman–Crippen LogP) is 1.75. The molecule has 8 nitrogen and oxygen atoms in total. The molecule has 0 aromatic carbocycles. The Hall–Kier alpha value is -2.87. The molecular formula is C19H25N7O. The third-order valence-electron chi connectivity index (χ3n) is 4.33. The van der Waals surface area contributed by atoms with Crippen LogP contribution in [0.3, 0.4) is 0 Å². The molecule has 2 aromatic heterocycles. The lowest BCUT2D eigenvalue weighted by molar-refractivity contribution is -0.125. The first-order valence-electron chi connectivity index (χ1n) is 9.00. The van der Waals surface area contributed by atoms with Crippen LogP contribution in [0.1, 0.15) is 23.9 Å². The van der Waals surface area contributed by atoms with Crippen molar-refractivity contribution in [3.05, 3.63) is 48.3 Å². The van der Waals surface area contributed by atoms with E-state index in [4.69, 9.17) is 0 Å². The summed E-state index contributed by atoms with van der Waals surface area (Å²) in [6, 6.07) is 1.93. The van der Waals surface area contributed by atoms with Gasteiger partial charge in [0.05, 0.1) is 11.9 Å². The molecule has 0 unspecified atom stereocenters. The van der Waals surface area contributed by atoms with Crippen LogP contribution in [0.2, 0.25) is 0 Å². The molecule has 1 saturated heterocycles. The second-order valence-corrected chi connectivity index (χ2v) is 6.88. The minimum atomic E-state index is 0.0584. The molecular weight excluding hydrogens is 342 g/mol. The van der Waals surface area contributed by atoms with Gasteiger partial charge in [0.15, 0.2) is 0 Å². The number of rotatable bonds is 6. The second kappa shape index (κ2) is 8.68. The number of likely N-dealkylation sites (N-methyl/N-ethyl adjacent to an activating group) is 1. The third-order valence-corrected chi connectivity index (χ3v) is 4.33. The van der Waals surface area contributed by atoms with E-state index in [1.165, 1.54) is 0 Å². The van der Waals surface area contributed by atoms with Crippen molar-refractivity contribution in [3.63, 3.8) is 0 Å². The standard InChI is InChI=1S/C19H25N7O/c1-14-22-16(11-17(23-14)24-18-12-20-7-8-21-18)15-6-10-26(13-15)19(27)5-4-9-25(2)3/h4-5,7-8,11-12,15H,6,9-10,13H2,1-3H3,(H,21,22,23,24)/b5-4+/t15-/m1/s1. The van der Waals surface area contributed by atoms with Gasteiger partial charge in [-0.2, -0.15) is 0 Å². The van der Waals surface area contributed by atoms with Gasteiger partial charge in [-0.25, -0.2) is 15.0 Å². The zero-order valence-corrected chi connectivity index (χ0v) is 16.0. The average molecular weight is 367 g/mol. The smallest absolute Gasteiger partial charge is 0.246 e. The molecule has 0 aliphatic carbocycles. The number of carbonyl (C=O) groups excluding carboxylic acids is 1. The number of aryl methyl sites for hydroxylation is 1. The summed E-state index contributed by atoms with van der Waals surface area (Å²) in [5.41, 5.74) is 0.946. The van der Waals surface area contributed by atoms with Crippen LogP contribution in [0, 0.1) is 6.92 Å². The van der Waals surface area contributed by atoms with E-state index < -0.39 is 0 Å². The van der Waals surface area contributed by atoms with Crippen LogP contribution < -0.4 is 5.32 Å². The van der Waals surface area contributed by atoms with Crippen LogP contribution in [-0.4, -0.2) is 69.4 Å². The van der Waals surface area contributed by atoms with Crippen molar-refractivity contribution in [1.29, 1.82) is 0 Å². The molecule has 0 bridgehead atoms. The second-order valence-electron chi connectivity index (χ2n) is 6.88.